The van der Waals surface area contributed by atoms with Crippen LogP contribution in [0.3, 0.4) is 0 Å². The van der Waals surface area contributed by atoms with E-state index in [4.69, 9.17) is 4.98 Å². The van der Waals surface area contributed by atoms with Crippen LogP contribution in [-0.4, -0.2) is 43.4 Å². The number of piperidine rings is 1. The fraction of sp³-hybridized carbons (Fsp3) is 0.556. The predicted octanol–water partition coefficient (Wildman–Crippen LogP) is 2.48. The lowest BCUT2D eigenvalue weighted by atomic mass is 9.83. The van der Waals surface area contributed by atoms with Crippen LogP contribution >= 0.6 is 0 Å². The normalized spacial score (nSPS) is 21.5. The molecule has 24 heavy (non-hydrogen) atoms. The van der Waals surface area contributed by atoms with E-state index in [1.165, 1.54) is 6.42 Å². The van der Waals surface area contributed by atoms with Gasteiger partial charge in [-0.3, -0.25) is 14.3 Å². The molecule has 1 aliphatic carbocycles. The molecule has 6 heteroatoms. The molecule has 0 bridgehead atoms. The Bertz CT molecular complexity index is 737. The van der Waals surface area contributed by atoms with Gasteiger partial charge in [-0.15, -0.1) is 0 Å². The highest BCUT2D eigenvalue weighted by Crippen LogP contribution is 2.32. The minimum Gasteiger partial charge on any atom is -0.342 e. The summed E-state index contributed by atoms with van der Waals surface area (Å²) in [4.78, 5) is 28.0. The van der Waals surface area contributed by atoms with Gasteiger partial charge in [0.05, 0.1) is 11.9 Å². The molecule has 1 amide bonds. The van der Waals surface area contributed by atoms with Crippen molar-refractivity contribution in [3.05, 3.63) is 36.3 Å². The molecule has 2 fully saturated rings. The smallest absolute Gasteiger partial charge is 0.225 e. The maximum Gasteiger partial charge on any atom is 0.225 e. The summed E-state index contributed by atoms with van der Waals surface area (Å²) >= 11 is 0. The fourth-order valence-corrected chi connectivity index (χ4v) is 3.64. The second-order valence-electron chi connectivity index (χ2n) is 6.90. The van der Waals surface area contributed by atoms with E-state index in [0.29, 0.717) is 5.91 Å². The number of likely N-dealkylation sites (tertiary alicyclic amines) is 1. The van der Waals surface area contributed by atoms with Crippen molar-refractivity contribution in [1.29, 1.82) is 0 Å². The van der Waals surface area contributed by atoms with Gasteiger partial charge in [0, 0.05) is 43.5 Å². The highest BCUT2D eigenvalue weighted by atomic mass is 16.2. The Hall–Kier alpha value is -2.24. The molecule has 0 aromatic carbocycles. The van der Waals surface area contributed by atoms with Crippen molar-refractivity contribution in [1.82, 2.24) is 24.4 Å². The van der Waals surface area contributed by atoms with Gasteiger partial charge in [0.1, 0.15) is 5.82 Å². The summed E-state index contributed by atoms with van der Waals surface area (Å²) in [6.07, 6.45) is 12.7. The van der Waals surface area contributed by atoms with E-state index in [1.807, 2.05) is 23.9 Å². The summed E-state index contributed by atoms with van der Waals surface area (Å²) < 4.78 is 1.94. The first kappa shape index (κ1) is 15.3. The maximum absolute atomic E-state index is 12.5. The first-order valence-corrected chi connectivity index (χ1v) is 8.83. The third-order valence-corrected chi connectivity index (χ3v) is 5.32. The molecule has 6 nitrogen and oxygen atoms in total. The molecule has 0 spiro atoms. The second-order valence-corrected chi connectivity index (χ2v) is 6.90. The van der Waals surface area contributed by atoms with Crippen LogP contribution in [0.4, 0.5) is 0 Å². The Labute approximate surface area is 141 Å². The average Bonchev–Trinajstić information content (AvgIpc) is 2.99. The van der Waals surface area contributed by atoms with E-state index in [1.54, 1.807) is 12.4 Å². The van der Waals surface area contributed by atoms with Crippen molar-refractivity contribution < 1.29 is 4.79 Å². The molecule has 1 saturated carbocycles. The molecular formula is C18H23N5O. The number of aryl methyl sites for hydroxylation is 1. The zero-order chi connectivity index (χ0) is 16.5. The topological polar surface area (TPSA) is 63.9 Å². The molecule has 0 N–H and O–H groups in total. The van der Waals surface area contributed by atoms with Gasteiger partial charge in [0.15, 0.2) is 5.82 Å². The highest BCUT2D eigenvalue weighted by Gasteiger charge is 2.33. The van der Waals surface area contributed by atoms with E-state index in [2.05, 4.69) is 14.9 Å². The van der Waals surface area contributed by atoms with Crippen LogP contribution in [0.25, 0.3) is 5.82 Å². The zero-order valence-corrected chi connectivity index (χ0v) is 14.1. The molecule has 126 valence electrons. The van der Waals surface area contributed by atoms with E-state index >= 15 is 0 Å². The molecule has 0 unspecified atom stereocenters. The largest absolute Gasteiger partial charge is 0.342 e. The van der Waals surface area contributed by atoms with Crippen LogP contribution < -0.4 is 0 Å². The minimum absolute atomic E-state index is 0.273. The highest BCUT2D eigenvalue weighted by molar-refractivity contribution is 5.79. The molecule has 2 aromatic heterocycles. The van der Waals surface area contributed by atoms with Crippen molar-refractivity contribution in [2.24, 2.45) is 5.92 Å². The number of carbonyl (C=O) groups excluding carboxylic acids is 1. The SMILES string of the molecule is Cc1nccn1-c1cncc([C@H]2CCCN(C(=O)C3CCC3)C2)n1. The summed E-state index contributed by atoms with van der Waals surface area (Å²) in [6, 6.07) is 0. The molecular weight excluding hydrogens is 302 g/mol. The van der Waals surface area contributed by atoms with Crippen molar-refractivity contribution in [3.63, 3.8) is 0 Å². The van der Waals surface area contributed by atoms with Crippen LogP contribution in [0.2, 0.25) is 0 Å². The number of imidazole rings is 1. The van der Waals surface area contributed by atoms with Gasteiger partial charge in [0.25, 0.3) is 0 Å². The Morgan fingerprint density at radius 3 is 2.79 bits per heavy atom. The van der Waals surface area contributed by atoms with Gasteiger partial charge < -0.3 is 4.90 Å². The second kappa shape index (κ2) is 6.34. The average molecular weight is 325 g/mol. The van der Waals surface area contributed by atoms with E-state index in [0.717, 1.165) is 56.1 Å². The van der Waals surface area contributed by atoms with Gasteiger partial charge >= 0.3 is 0 Å². The summed E-state index contributed by atoms with van der Waals surface area (Å²) in [5.41, 5.74) is 0.978. The Morgan fingerprint density at radius 2 is 2.08 bits per heavy atom. The van der Waals surface area contributed by atoms with Crippen LogP contribution in [0.5, 0.6) is 0 Å². The molecule has 0 radical (unpaired) electrons. The first-order valence-electron chi connectivity index (χ1n) is 8.83. The molecule has 1 saturated heterocycles. The number of carbonyl (C=O) groups is 1. The number of hydrogen-bond donors (Lipinski definition) is 0. The lowest BCUT2D eigenvalue weighted by Crippen LogP contribution is -2.44. The third kappa shape index (κ3) is 2.81. The quantitative estimate of drug-likeness (QED) is 0.869. The Morgan fingerprint density at radius 1 is 1.21 bits per heavy atom. The number of aromatic nitrogens is 4. The lowest BCUT2D eigenvalue weighted by Gasteiger charge is -2.37. The van der Waals surface area contributed by atoms with Gasteiger partial charge in [-0.2, -0.15) is 0 Å². The number of hydrogen-bond acceptors (Lipinski definition) is 4. The molecule has 1 atom stereocenters. The predicted molar refractivity (Wildman–Crippen MR) is 89.8 cm³/mol. The van der Waals surface area contributed by atoms with Crippen LogP contribution in [0.15, 0.2) is 24.8 Å². The van der Waals surface area contributed by atoms with Crippen LogP contribution in [-0.2, 0) is 4.79 Å². The van der Waals surface area contributed by atoms with E-state index < -0.39 is 0 Å². The van der Waals surface area contributed by atoms with Gasteiger partial charge in [0.2, 0.25) is 5.91 Å². The van der Waals surface area contributed by atoms with Gasteiger partial charge in [-0.25, -0.2) is 9.97 Å². The molecule has 1 aliphatic heterocycles. The number of nitrogens with zero attached hydrogens (tertiary/aromatic N) is 5. The van der Waals surface area contributed by atoms with E-state index in [9.17, 15) is 4.79 Å². The first-order chi connectivity index (χ1) is 11.7. The van der Waals surface area contributed by atoms with Gasteiger partial charge in [-0.1, -0.05) is 6.42 Å². The van der Waals surface area contributed by atoms with Crippen molar-refractivity contribution in [3.8, 4) is 5.82 Å². The van der Waals surface area contributed by atoms with Crippen LogP contribution in [0, 0.1) is 12.8 Å². The number of amides is 1. The molecule has 2 aromatic rings. The van der Waals surface area contributed by atoms with E-state index in [-0.39, 0.29) is 11.8 Å². The van der Waals surface area contributed by atoms with Crippen LogP contribution in [0.1, 0.15) is 49.5 Å². The summed E-state index contributed by atoms with van der Waals surface area (Å²) in [7, 11) is 0. The van der Waals surface area contributed by atoms with Crippen molar-refractivity contribution in [2.75, 3.05) is 13.1 Å². The summed E-state index contributed by atoms with van der Waals surface area (Å²) in [6.45, 7) is 3.62. The van der Waals surface area contributed by atoms with Gasteiger partial charge in [-0.05, 0) is 32.6 Å². The molecule has 2 aliphatic rings. The molecule has 4 rings (SSSR count). The van der Waals surface area contributed by atoms with Crippen molar-refractivity contribution in [2.45, 2.75) is 44.9 Å². The zero-order valence-electron chi connectivity index (χ0n) is 14.1. The summed E-state index contributed by atoms with van der Waals surface area (Å²) in [5.74, 6) is 2.59. The van der Waals surface area contributed by atoms with Crippen molar-refractivity contribution >= 4 is 5.91 Å². The Balaban J connectivity index is 1.53. The molecule has 3 heterocycles. The minimum atomic E-state index is 0.273. The Kier molecular flexibility index (Phi) is 4.04. The lowest BCUT2D eigenvalue weighted by molar-refractivity contribution is -0.139. The third-order valence-electron chi connectivity index (χ3n) is 5.32. The standard InChI is InChI=1S/C18H23N5O/c1-13-20-7-9-23(13)17-11-19-10-16(21-17)15-6-3-8-22(12-15)18(24)14-4-2-5-14/h7,9-11,14-15H,2-6,8,12H2,1H3/t15-/m0/s1. The fourth-order valence-electron chi connectivity index (χ4n) is 3.64. The monoisotopic (exact) mass is 325 g/mol. The maximum atomic E-state index is 12.5. The number of rotatable bonds is 3. The summed E-state index contributed by atoms with van der Waals surface area (Å²) in [5, 5.41) is 0.